The second kappa shape index (κ2) is 7.64. The van der Waals surface area contributed by atoms with Crippen LogP contribution in [0.1, 0.15) is 11.1 Å². The summed E-state index contributed by atoms with van der Waals surface area (Å²) in [6.45, 7) is -0.622. The molecule has 0 bridgehead atoms. The molecule has 0 atom stereocenters. The zero-order chi connectivity index (χ0) is 18.5. The summed E-state index contributed by atoms with van der Waals surface area (Å²) in [6.07, 6.45) is -9.04. The van der Waals surface area contributed by atoms with Crippen molar-refractivity contribution >= 4 is 11.4 Å². The van der Waals surface area contributed by atoms with Gasteiger partial charge in [0.05, 0.1) is 11.1 Å². The molecule has 0 unspecified atom stereocenters. The van der Waals surface area contributed by atoms with E-state index in [4.69, 9.17) is 4.74 Å². The SMILES string of the molecule is FC(F)(F)c1ccccc1NCOCNc1ccccc1C(F)(F)F. The van der Waals surface area contributed by atoms with Crippen molar-refractivity contribution in [3.8, 4) is 0 Å². The highest BCUT2D eigenvalue weighted by atomic mass is 19.4. The molecule has 2 rings (SSSR count). The van der Waals surface area contributed by atoms with Crippen molar-refractivity contribution < 1.29 is 31.1 Å². The molecule has 2 aromatic carbocycles. The molecule has 0 saturated carbocycles. The minimum Gasteiger partial charge on any atom is -0.362 e. The van der Waals surface area contributed by atoms with Gasteiger partial charge >= 0.3 is 12.4 Å². The van der Waals surface area contributed by atoms with Gasteiger partial charge in [0.15, 0.2) is 0 Å². The number of benzene rings is 2. The quantitative estimate of drug-likeness (QED) is 0.421. The van der Waals surface area contributed by atoms with Gasteiger partial charge < -0.3 is 15.4 Å². The van der Waals surface area contributed by atoms with Gasteiger partial charge in [0, 0.05) is 11.4 Å². The fourth-order valence-corrected chi connectivity index (χ4v) is 2.08. The molecular formula is C16H14F6N2O. The van der Waals surface area contributed by atoms with Crippen LogP contribution in [-0.4, -0.2) is 13.5 Å². The molecule has 136 valence electrons. The third-order valence-electron chi connectivity index (χ3n) is 3.19. The first-order valence-corrected chi connectivity index (χ1v) is 7.07. The number of hydrogen-bond donors (Lipinski definition) is 2. The highest BCUT2D eigenvalue weighted by Crippen LogP contribution is 2.35. The summed E-state index contributed by atoms with van der Waals surface area (Å²) in [7, 11) is 0. The van der Waals surface area contributed by atoms with Crippen LogP contribution in [0.25, 0.3) is 0 Å². The van der Waals surface area contributed by atoms with Crippen molar-refractivity contribution in [3.63, 3.8) is 0 Å². The van der Waals surface area contributed by atoms with Crippen molar-refractivity contribution in [3.05, 3.63) is 59.7 Å². The number of alkyl halides is 6. The molecule has 25 heavy (non-hydrogen) atoms. The molecule has 0 radical (unpaired) electrons. The predicted molar refractivity (Wildman–Crippen MR) is 81.0 cm³/mol. The number of rotatable bonds is 6. The lowest BCUT2D eigenvalue weighted by atomic mass is 10.2. The standard InChI is InChI=1S/C16H14F6N2O/c17-15(18,19)11-5-1-3-7-13(11)23-9-25-10-24-14-8-4-2-6-12(14)16(20,21)22/h1-8,23-24H,9-10H2. The Hall–Kier alpha value is -2.42. The van der Waals surface area contributed by atoms with Crippen molar-refractivity contribution in [1.82, 2.24) is 0 Å². The van der Waals surface area contributed by atoms with Gasteiger partial charge in [0.2, 0.25) is 0 Å². The van der Waals surface area contributed by atoms with Crippen LogP contribution in [0.3, 0.4) is 0 Å². The molecule has 0 fully saturated rings. The van der Waals surface area contributed by atoms with Crippen LogP contribution in [0.5, 0.6) is 0 Å². The van der Waals surface area contributed by atoms with Gasteiger partial charge in [0.25, 0.3) is 0 Å². The molecular weight excluding hydrogens is 350 g/mol. The maximum absolute atomic E-state index is 12.8. The van der Waals surface area contributed by atoms with E-state index in [1.807, 2.05) is 0 Å². The Balaban J connectivity index is 1.88. The summed E-state index contributed by atoms with van der Waals surface area (Å²) in [6, 6.07) is 9.66. The minimum atomic E-state index is -4.52. The Kier molecular flexibility index (Phi) is 5.78. The monoisotopic (exact) mass is 364 g/mol. The average molecular weight is 364 g/mol. The van der Waals surface area contributed by atoms with Gasteiger partial charge in [-0.2, -0.15) is 26.3 Å². The minimum absolute atomic E-state index is 0.175. The summed E-state index contributed by atoms with van der Waals surface area (Å²) in [5.74, 6) is 0. The van der Waals surface area contributed by atoms with E-state index < -0.39 is 23.5 Å². The number of para-hydroxylation sites is 2. The zero-order valence-electron chi connectivity index (χ0n) is 12.7. The van der Waals surface area contributed by atoms with Crippen LogP contribution in [0.15, 0.2) is 48.5 Å². The van der Waals surface area contributed by atoms with E-state index in [0.29, 0.717) is 0 Å². The first kappa shape index (κ1) is 18.9. The Morgan fingerprint density at radius 2 is 1.00 bits per heavy atom. The number of nitrogens with one attached hydrogen (secondary N) is 2. The first-order chi connectivity index (χ1) is 11.7. The molecule has 3 nitrogen and oxygen atoms in total. The fourth-order valence-electron chi connectivity index (χ4n) is 2.08. The van der Waals surface area contributed by atoms with E-state index in [9.17, 15) is 26.3 Å². The highest BCUT2D eigenvalue weighted by molar-refractivity contribution is 5.53. The topological polar surface area (TPSA) is 33.3 Å². The maximum atomic E-state index is 12.8. The Bertz CT molecular complexity index is 640. The predicted octanol–water partition coefficient (Wildman–Crippen LogP) is 5.18. The highest BCUT2D eigenvalue weighted by Gasteiger charge is 2.33. The molecule has 0 aliphatic rings. The van der Waals surface area contributed by atoms with Crippen LogP contribution in [0, 0.1) is 0 Å². The van der Waals surface area contributed by atoms with Crippen molar-refractivity contribution in [1.29, 1.82) is 0 Å². The molecule has 0 heterocycles. The lowest BCUT2D eigenvalue weighted by molar-refractivity contribution is -0.137. The Morgan fingerprint density at radius 1 is 0.640 bits per heavy atom. The molecule has 2 aromatic rings. The van der Waals surface area contributed by atoms with E-state index in [1.54, 1.807) is 0 Å². The summed E-state index contributed by atoms with van der Waals surface area (Å²) < 4.78 is 81.8. The third-order valence-corrected chi connectivity index (χ3v) is 3.19. The van der Waals surface area contributed by atoms with Gasteiger partial charge in [-0.1, -0.05) is 24.3 Å². The Labute approximate surface area is 139 Å². The molecule has 0 spiro atoms. The second-order valence-electron chi connectivity index (χ2n) is 4.93. The summed E-state index contributed by atoms with van der Waals surface area (Å²) in [5, 5.41) is 4.89. The van der Waals surface area contributed by atoms with Crippen LogP contribution in [-0.2, 0) is 17.1 Å². The van der Waals surface area contributed by atoms with Crippen molar-refractivity contribution in [2.24, 2.45) is 0 Å². The molecule has 0 aliphatic carbocycles. The third kappa shape index (κ3) is 5.28. The smallest absolute Gasteiger partial charge is 0.362 e. The normalized spacial score (nSPS) is 12.1. The van der Waals surface area contributed by atoms with Gasteiger partial charge in [-0.05, 0) is 24.3 Å². The van der Waals surface area contributed by atoms with Crippen LogP contribution in [0.4, 0.5) is 37.7 Å². The van der Waals surface area contributed by atoms with Gasteiger partial charge in [-0.15, -0.1) is 0 Å². The lowest BCUT2D eigenvalue weighted by Crippen LogP contribution is -2.17. The van der Waals surface area contributed by atoms with E-state index in [2.05, 4.69) is 10.6 Å². The van der Waals surface area contributed by atoms with E-state index in [0.717, 1.165) is 12.1 Å². The molecule has 0 aliphatic heterocycles. The zero-order valence-corrected chi connectivity index (χ0v) is 12.7. The number of anilines is 2. The molecule has 9 heteroatoms. The maximum Gasteiger partial charge on any atom is 0.418 e. The second-order valence-corrected chi connectivity index (χ2v) is 4.93. The van der Waals surface area contributed by atoms with Gasteiger partial charge in [-0.25, -0.2) is 0 Å². The summed E-state index contributed by atoms with van der Waals surface area (Å²) >= 11 is 0. The van der Waals surface area contributed by atoms with Crippen molar-refractivity contribution in [2.75, 3.05) is 24.1 Å². The van der Waals surface area contributed by atoms with Gasteiger partial charge in [-0.3, -0.25) is 0 Å². The van der Waals surface area contributed by atoms with Crippen molar-refractivity contribution in [2.45, 2.75) is 12.4 Å². The fraction of sp³-hybridized carbons (Fsp3) is 0.250. The largest absolute Gasteiger partial charge is 0.418 e. The average Bonchev–Trinajstić information content (AvgIpc) is 2.53. The number of halogens is 6. The van der Waals surface area contributed by atoms with E-state index in [-0.39, 0.29) is 24.8 Å². The first-order valence-electron chi connectivity index (χ1n) is 7.07. The molecule has 0 amide bonds. The summed E-state index contributed by atoms with van der Waals surface area (Å²) in [4.78, 5) is 0. The number of hydrogen-bond acceptors (Lipinski definition) is 3. The Morgan fingerprint density at radius 3 is 1.36 bits per heavy atom. The lowest BCUT2D eigenvalue weighted by Gasteiger charge is -2.16. The number of ether oxygens (including phenoxy) is 1. The van der Waals surface area contributed by atoms with E-state index >= 15 is 0 Å². The van der Waals surface area contributed by atoms with E-state index in [1.165, 1.54) is 36.4 Å². The molecule has 0 aromatic heterocycles. The van der Waals surface area contributed by atoms with Crippen LogP contribution < -0.4 is 10.6 Å². The summed E-state index contributed by atoms with van der Waals surface area (Å²) in [5.41, 5.74) is -2.06. The van der Waals surface area contributed by atoms with Gasteiger partial charge in [0.1, 0.15) is 13.5 Å². The molecule has 2 N–H and O–H groups in total. The van der Waals surface area contributed by atoms with Crippen LogP contribution in [0.2, 0.25) is 0 Å². The van der Waals surface area contributed by atoms with Crippen LogP contribution >= 0.6 is 0 Å². The molecule has 0 saturated heterocycles.